The first-order valence-corrected chi connectivity index (χ1v) is 7.08. The molecule has 3 aromatic rings. The fourth-order valence-electron chi connectivity index (χ4n) is 2.30. The van der Waals surface area contributed by atoms with Crippen molar-refractivity contribution in [3.63, 3.8) is 0 Å². The Hall–Kier alpha value is -2.77. The number of nitrogens with one attached hydrogen (secondary N) is 1. The van der Waals surface area contributed by atoms with Crippen molar-refractivity contribution < 1.29 is 4.79 Å². The highest BCUT2D eigenvalue weighted by Crippen LogP contribution is 2.21. The molecule has 4 nitrogen and oxygen atoms in total. The zero-order chi connectivity index (χ0) is 15.5. The lowest BCUT2D eigenvalue weighted by Crippen LogP contribution is -2.18. The number of nitrogens with zero attached hydrogens (tertiary/aromatic N) is 2. The van der Waals surface area contributed by atoms with E-state index in [0.717, 1.165) is 10.9 Å². The van der Waals surface area contributed by atoms with Crippen LogP contribution in [0.5, 0.6) is 0 Å². The molecule has 0 fully saturated rings. The van der Waals surface area contributed by atoms with Gasteiger partial charge in [0.2, 0.25) is 5.91 Å². The van der Waals surface area contributed by atoms with Crippen LogP contribution >= 0.6 is 11.6 Å². The number of carbonyl (C=O) groups excluding carboxylic acids is 1. The summed E-state index contributed by atoms with van der Waals surface area (Å²) in [5.74, 6) is -0.173. The second-order valence-corrected chi connectivity index (χ2v) is 5.26. The fourth-order valence-corrected chi connectivity index (χ4v) is 2.48. The monoisotopic (exact) mass is 309 g/mol. The maximum Gasteiger partial charge on any atom is 0.244 e. The molecule has 0 saturated carbocycles. The van der Waals surface area contributed by atoms with Gasteiger partial charge in [0.05, 0.1) is 22.3 Å². The Balaban J connectivity index is 1.83. The topological polar surface area (TPSA) is 57.8 Å². The Labute approximate surface area is 132 Å². The predicted molar refractivity (Wildman–Crippen MR) is 86.7 cm³/mol. The second kappa shape index (κ2) is 5.92. The number of halogens is 1. The van der Waals surface area contributed by atoms with Crippen molar-refractivity contribution in [2.45, 2.75) is 6.54 Å². The van der Waals surface area contributed by atoms with Crippen molar-refractivity contribution >= 4 is 34.1 Å². The van der Waals surface area contributed by atoms with E-state index in [1.54, 1.807) is 30.3 Å². The quantitative estimate of drug-likeness (QED) is 0.800. The van der Waals surface area contributed by atoms with E-state index in [0.29, 0.717) is 16.3 Å². The zero-order valence-corrected chi connectivity index (χ0v) is 12.3. The maximum absolute atomic E-state index is 12.2. The molecule has 0 saturated heterocycles. The van der Waals surface area contributed by atoms with Crippen molar-refractivity contribution in [2.75, 3.05) is 5.32 Å². The van der Waals surface area contributed by atoms with Gasteiger partial charge in [-0.15, -0.1) is 0 Å². The number of fused-ring (bicyclic) bond motifs is 1. The van der Waals surface area contributed by atoms with Crippen LogP contribution in [0.1, 0.15) is 5.56 Å². The van der Waals surface area contributed by atoms with E-state index in [-0.39, 0.29) is 12.5 Å². The van der Waals surface area contributed by atoms with E-state index in [1.807, 2.05) is 29.0 Å². The number of benzene rings is 2. The van der Waals surface area contributed by atoms with Gasteiger partial charge in [-0.2, -0.15) is 5.26 Å². The summed E-state index contributed by atoms with van der Waals surface area (Å²) in [7, 11) is 0. The van der Waals surface area contributed by atoms with E-state index in [1.165, 1.54) is 0 Å². The first-order chi connectivity index (χ1) is 10.7. The van der Waals surface area contributed by atoms with Crippen molar-refractivity contribution in [3.05, 3.63) is 65.3 Å². The third-order valence-corrected chi connectivity index (χ3v) is 3.69. The van der Waals surface area contributed by atoms with Crippen LogP contribution in [0.25, 0.3) is 10.9 Å². The number of rotatable bonds is 3. The summed E-state index contributed by atoms with van der Waals surface area (Å²) < 4.78 is 1.81. The Morgan fingerprint density at radius 1 is 1.23 bits per heavy atom. The first kappa shape index (κ1) is 14.2. The predicted octanol–water partition coefficient (Wildman–Crippen LogP) is 3.81. The lowest BCUT2D eigenvalue weighted by atomic mass is 10.2. The molecule has 0 aliphatic heterocycles. The summed E-state index contributed by atoms with van der Waals surface area (Å²) in [4.78, 5) is 12.2. The van der Waals surface area contributed by atoms with E-state index in [2.05, 4.69) is 11.4 Å². The Morgan fingerprint density at radius 2 is 2.05 bits per heavy atom. The van der Waals surface area contributed by atoms with Crippen LogP contribution in [-0.4, -0.2) is 10.5 Å². The average molecular weight is 310 g/mol. The van der Waals surface area contributed by atoms with Gasteiger partial charge < -0.3 is 9.88 Å². The molecule has 0 radical (unpaired) electrons. The molecule has 108 valence electrons. The SMILES string of the molecule is N#Cc1ccc2ccn(CC(=O)Nc3ccccc3Cl)c2c1. The van der Waals surface area contributed by atoms with Crippen LogP contribution in [0.3, 0.4) is 0 Å². The minimum Gasteiger partial charge on any atom is -0.338 e. The van der Waals surface area contributed by atoms with Crippen LogP contribution < -0.4 is 5.32 Å². The van der Waals surface area contributed by atoms with Crippen LogP contribution in [0, 0.1) is 11.3 Å². The molecule has 22 heavy (non-hydrogen) atoms. The first-order valence-electron chi connectivity index (χ1n) is 6.71. The standard InChI is InChI=1S/C17H12ClN3O/c18-14-3-1-2-4-15(14)20-17(22)11-21-8-7-13-6-5-12(10-19)9-16(13)21/h1-9H,11H2,(H,20,22). The molecule has 3 rings (SSSR count). The van der Waals surface area contributed by atoms with Gasteiger partial charge in [-0.3, -0.25) is 4.79 Å². The third-order valence-electron chi connectivity index (χ3n) is 3.36. The number of hydrogen-bond donors (Lipinski definition) is 1. The second-order valence-electron chi connectivity index (χ2n) is 4.86. The van der Waals surface area contributed by atoms with Crippen molar-refractivity contribution in [1.82, 2.24) is 4.57 Å². The summed E-state index contributed by atoms with van der Waals surface area (Å²) in [6, 6.07) is 16.5. The number of anilines is 1. The molecule has 1 amide bonds. The van der Waals surface area contributed by atoms with E-state index in [4.69, 9.17) is 16.9 Å². The van der Waals surface area contributed by atoms with Crippen LogP contribution in [0.4, 0.5) is 5.69 Å². The minimum atomic E-state index is -0.173. The molecular formula is C17H12ClN3O. The molecule has 1 N–H and O–H groups in total. The number of amides is 1. The Kier molecular flexibility index (Phi) is 3.82. The highest BCUT2D eigenvalue weighted by molar-refractivity contribution is 6.33. The van der Waals surface area contributed by atoms with Crippen molar-refractivity contribution in [3.8, 4) is 6.07 Å². The molecule has 0 spiro atoms. The van der Waals surface area contributed by atoms with Gasteiger partial charge in [-0.25, -0.2) is 0 Å². The smallest absolute Gasteiger partial charge is 0.244 e. The molecular weight excluding hydrogens is 298 g/mol. The lowest BCUT2D eigenvalue weighted by Gasteiger charge is -2.08. The van der Waals surface area contributed by atoms with Gasteiger partial charge in [0, 0.05) is 11.7 Å². The molecule has 1 aromatic heterocycles. The molecule has 1 heterocycles. The molecule has 2 aromatic carbocycles. The zero-order valence-electron chi connectivity index (χ0n) is 11.6. The normalized spacial score (nSPS) is 10.4. The largest absolute Gasteiger partial charge is 0.338 e. The van der Waals surface area contributed by atoms with Gasteiger partial charge in [0.15, 0.2) is 0 Å². The maximum atomic E-state index is 12.2. The minimum absolute atomic E-state index is 0.156. The van der Waals surface area contributed by atoms with Crippen molar-refractivity contribution in [1.29, 1.82) is 5.26 Å². The molecule has 0 bridgehead atoms. The number of aromatic nitrogens is 1. The number of hydrogen-bond acceptors (Lipinski definition) is 2. The highest BCUT2D eigenvalue weighted by Gasteiger charge is 2.09. The summed E-state index contributed by atoms with van der Waals surface area (Å²) in [6.45, 7) is 0.156. The van der Waals surface area contributed by atoms with E-state index < -0.39 is 0 Å². The number of carbonyl (C=O) groups is 1. The van der Waals surface area contributed by atoms with Gasteiger partial charge in [0.1, 0.15) is 6.54 Å². The summed E-state index contributed by atoms with van der Waals surface area (Å²) in [5.41, 5.74) is 2.01. The number of para-hydroxylation sites is 1. The van der Waals surface area contributed by atoms with Gasteiger partial charge in [-0.1, -0.05) is 29.8 Å². The van der Waals surface area contributed by atoms with Gasteiger partial charge in [0.25, 0.3) is 0 Å². The Bertz CT molecular complexity index is 892. The van der Waals surface area contributed by atoms with Gasteiger partial charge in [-0.05, 0) is 35.7 Å². The molecule has 0 unspecified atom stereocenters. The lowest BCUT2D eigenvalue weighted by molar-refractivity contribution is -0.116. The van der Waals surface area contributed by atoms with E-state index in [9.17, 15) is 4.79 Å². The third kappa shape index (κ3) is 2.80. The summed E-state index contributed by atoms with van der Waals surface area (Å²) >= 11 is 6.03. The van der Waals surface area contributed by atoms with Crippen molar-refractivity contribution in [2.24, 2.45) is 0 Å². The van der Waals surface area contributed by atoms with Crippen LogP contribution in [-0.2, 0) is 11.3 Å². The Morgan fingerprint density at radius 3 is 2.82 bits per heavy atom. The van der Waals surface area contributed by atoms with Crippen LogP contribution in [0.15, 0.2) is 54.7 Å². The summed E-state index contributed by atoms with van der Waals surface area (Å²) in [6.07, 6.45) is 1.83. The average Bonchev–Trinajstić information content (AvgIpc) is 2.91. The molecule has 0 aliphatic rings. The number of nitriles is 1. The van der Waals surface area contributed by atoms with Gasteiger partial charge >= 0.3 is 0 Å². The molecule has 5 heteroatoms. The summed E-state index contributed by atoms with van der Waals surface area (Å²) in [5, 5.41) is 13.3. The molecule has 0 aliphatic carbocycles. The van der Waals surface area contributed by atoms with E-state index >= 15 is 0 Å². The molecule has 0 atom stereocenters. The fraction of sp³-hybridized carbons (Fsp3) is 0.0588. The highest BCUT2D eigenvalue weighted by atomic mass is 35.5. The van der Waals surface area contributed by atoms with Crippen LogP contribution in [0.2, 0.25) is 5.02 Å².